The molecule has 1 aromatic heterocycles. The average molecular weight is 368 g/mol. The Hall–Kier alpha value is -1.80. The van der Waals surface area contributed by atoms with Crippen molar-refractivity contribution < 1.29 is 9.53 Å². The Morgan fingerprint density at radius 2 is 2.20 bits per heavy atom. The Bertz CT molecular complexity index is 539. The number of likely N-dealkylation sites (N-methyl/N-ethyl adjacent to an activating group) is 1. The van der Waals surface area contributed by atoms with Crippen LogP contribution in [0.4, 0.5) is 5.00 Å². The smallest absolute Gasteiger partial charge is 0.243 e. The van der Waals surface area contributed by atoms with Crippen molar-refractivity contribution in [3.63, 3.8) is 0 Å². The first-order valence-corrected chi connectivity index (χ1v) is 9.50. The van der Waals surface area contributed by atoms with Crippen LogP contribution >= 0.6 is 11.3 Å². The average Bonchev–Trinajstić information content (AvgIpc) is 3.14. The molecular formula is C17H29N5O2S. The van der Waals surface area contributed by atoms with E-state index in [1.54, 1.807) is 37.4 Å². The van der Waals surface area contributed by atoms with E-state index >= 15 is 0 Å². The minimum Gasteiger partial charge on any atom is -0.383 e. The summed E-state index contributed by atoms with van der Waals surface area (Å²) in [5, 5.41) is 10.1. The summed E-state index contributed by atoms with van der Waals surface area (Å²) in [7, 11) is 5.15. The normalized spacial score (nSPS) is 16.0. The van der Waals surface area contributed by atoms with Crippen LogP contribution in [-0.4, -0.2) is 76.8 Å². The van der Waals surface area contributed by atoms with Gasteiger partial charge in [0.1, 0.15) is 6.54 Å². The van der Waals surface area contributed by atoms with Gasteiger partial charge >= 0.3 is 0 Å². The summed E-state index contributed by atoms with van der Waals surface area (Å²) in [6.07, 6.45) is 2.09. The number of rotatable bonds is 7. The number of hydrogen-bond donors (Lipinski definition) is 2. The van der Waals surface area contributed by atoms with E-state index in [0.29, 0.717) is 25.2 Å². The molecular weight excluding hydrogens is 338 g/mol. The van der Waals surface area contributed by atoms with Crippen molar-refractivity contribution in [2.45, 2.75) is 18.9 Å². The minimum absolute atomic E-state index is 0.0136. The van der Waals surface area contributed by atoms with Gasteiger partial charge in [0, 0.05) is 46.9 Å². The Morgan fingerprint density at radius 1 is 1.44 bits per heavy atom. The van der Waals surface area contributed by atoms with E-state index in [1.165, 1.54) is 5.00 Å². The highest BCUT2D eigenvalue weighted by atomic mass is 32.1. The number of aliphatic imine (C=N–C) groups is 1. The van der Waals surface area contributed by atoms with Crippen LogP contribution in [0.2, 0.25) is 0 Å². The molecule has 25 heavy (non-hydrogen) atoms. The Kier molecular flexibility index (Phi) is 8.00. The summed E-state index contributed by atoms with van der Waals surface area (Å²) in [4.78, 5) is 20.2. The first kappa shape index (κ1) is 19.5. The molecule has 0 aliphatic carbocycles. The number of guanidine groups is 1. The molecule has 140 valence electrons. The van der Waals surface area contributed by atoms with Crippen LogP contribution in [0.1, 0.15) is 12.8 Å². The van der Waals surface area contributed by atoms with Crippen LogP contribution in [0.3, 0.4) is 0 Å². The van der Waals surface area contributed by atoms with E-state index in [-0.39, 0.29) is 12.5 Å². The van der Waals surface area contributed by atoms with Crippen LogP contribution in [0.25, 0.3) is 0 Å². The fourth-order valence-corrected chi connectivity index (χ4v) is 3.38. The van der Waals surface area contributed by atoms with Gasteiger partial charge in [-0.05, 0) is 30.4 Å². The molecule has 0 saturated carbocycles. The molecule has 1 saturated heterocycles. The van der Waals surface area contributed by atoms with Gasteiger partial charge in [0.2, 0.25) is 5.91 Å². The third-order valence-corrected chi connectivity index (χ3v) is 5.05. The molecule has 2 rings (SSSR count). The van der Waals surface area contributed by atoms with Crippen molar-refractivity contribution >= 4 is 28.2 Å². The molecule has 0 spiro atoms. The number of methoxy groups -OCH3 is 1. The number of thiophene rings is 1. The maximum Gasteiger partial charge on any atom is 0.243 e. The van der Waals surface area contributed by atoms with Gasteiger partial charge in [-0.1, -0.05) is 0 Å². The number of anilines is 1. The molecule has 1 aromatic rings. The van der Waals surface area contributed by atoms with Crippen LogP contribution in [-0.2, 0) is 9.53 Å². The zero-order valence-electron chi connectivity index (χ0n) is 15.3. The lowest BCUT2D eigenvalue weighted by atomic mass is 10.1. The van der Waals surface area contributed by atoms with Crippen LogP contribution in [0.15, 0.2) is 22.5 Å². The third-order valence-electron chi connectivity index (χ3n) is 4.12. The largest absolute Gasteiger partial charge is 0.383 e. The molecule has 2 heterocycles. The molecule has 8 heteroatoms. The van der Waals surface area contributed by atoms with Crippen molar-refractivity contribution in [2.75, 3.05) is 58.9 Å². The summed E-state index contributed by atoms with van der Waals surface area (Å²) in [6, 6.07) is 4.63. The molecule has 1 aliphatic rings. The van der Waals surface area contributed by atoms with Crippen molar-refractivity contribution in [1.82, 2.24) is 15.5 Å². The lowest BCUT2D eigenvalue weighted by molar-refractivity contribution is -0.127. The second-order valence-electron chi connectivity index (χ2n) is 6.23. The van der Waals surface area contributed by atoms with Crippen LogP contribution in [0, 0.1) is 0 Å². The number of amides is 1. The Morgan fingerprint density at radius 3 is 2.80 bits per heavy atom. The van der Waals surface area contributed by atoms with E-state index in [1.807, 2.05) is 0 Å². The van der Waals surface area contributed by atoms with Crippen LogP contribution < -0.4 is 15.5 Å². The van der Waals surface area contributed by atoms with Gasteiger partial charge in [-0.3, -0.25) is 4.79 Å². The highest BCUT2D eigenvalue weighted by Gasteiger charge is 2.20. The topological polar surface area (TPSA) is 69.2 Å². The van der Waals surface area contributed by atoms with Crippen molar-refractivity contribution in [2.24, 2.45) is 4.99 Å². The molecule has 1 aliphatic heterocycles. The molecule has 0 bridgehead atoms. The van der Waals surface area contributed by atoms with Crippen molar-refractivity contribution in [3.8, 4) is 0 Å². The second-order valence-corrected chi connectivity index (χ2v) is 7.16. The van der Waals surface area contributed by atoms with E-state index in [0.717, 1.165) is 25.9 Å². The number of carbonyl (C=O) groups excluding carboxylic acids is 1. The van der Waals surface area contributed by atoms with Gasteiger partial charge in [-0.25, -0.2) is 4.99 Å². The van der Waals surface area contributed by atoms with Gasteiger partial charge in [0.15, 0.2) is 5.96 Å². The van der Waals surface area contributed by atoms with Gasteiger partial charge < -0.3 is 25.2 Å². The van der Waals surface area contributed by atoms with Gasteiger partial charge in [0.05, 0.1) is 11.6 Å². The van der Waals surface area contributed by atoms with Gasteiger partial charge in [0.25, 0.3) is 0 Å². The number of nitrogens with one attached hydrogen (secondary N) is 2. The maximum atomic E-state index is 11.8. The fourth-order valence-electron chi connectivity index (χ4n) is 2.60. The summed E-state index contributed by atoms with van der Waals surface area (Å²) >= 11 is 1.79. The Labute approximate surface area is 154 Å². The van der Waals surface area contributed by atoms with Gasteiger partial charge in [-0.15, -0.1) is 11.3 Å². The minimum atomic E-state index is -0.0136. The number of hydrogen-bond acceptors (Lipinski definition) is 5. The highest BCUT2D eigenvalue weighted by Crippen LogP contribution is 2.24. The van der Waals surface area contributed by atoms with E-state index in [9.17, 15) is 4.79 Å². The number of nitrogens with zero attached hydrogens (tertiary/aromatic N) is 3. The second kappa shape index (κ2) is 10.2. The quantitative estimate of drug-likeness (QED) is 0.427. The summed E-state index contributed by atoms with van der Waals surface area (Å²) < 4.78 is 5.08. The predicted molar refractivity (Wildman–Crippen MR) is 104 cm³/mol. The highest BCUT2D eigenvalue weighted by molar-refractivity contribution is 7.14. The summed E-state index contributed by atoms with van der Waals surface area (Å²) in [6.45, 7) is 3.45. The lowest BCUT2D eigenvalue weighted by Crippen LogP contribution is -2.49. The number of ether oxygens (including phenoxy) is 1. The fraction of sp³-hybridized carbons (Fsp3) is 0.647. The monoisotopic (exact) mass is 367 g/mol. The molecule has 1 fully saturated rings. The first-order valence-electron chi connectivity index (χ1n) is 8.62. The lowest BCUT2D eigenvalue weighted by Gasteiger charge is -2.33. The molecule has 1 amide bonds. The van der Waals surface area contributed by atoms with E-state index in [4.69, 9.17) is 4.74 Å². The van der Waals surface area contributed by atoms with E-state index < -0.39 is 0 Å². The molecule has 0 atom stereocenters. The molecule has 0 aromatic carbocycles. The van der Waals surface area contributed by atoms with E-state index in [2.05, 4.69) is 38.0 Å². The first-order chi connectivity index (χ1) is 12.1. The van der Waals surface area contributed by atoms with Crippen molar-refractivity contribution in [1.29, 1.82) is 0 Å². The number of piperidine rings is 1. The molecule has 0 unspecified atom stereocenters. The standard InChI is InChI=1S/C17H29N5O2S/c1-21(2)15(23)13-19-17(18-8-11-24-3)20-14-6-9-22(10-7-14)16-5-4-12-25-16/h4-5,12,14H,6-11,13H2,1-3H3,(H2,18,19,20). The third kappa shape index (κ3) is 6.55. The SMILES string of the molecule is COCCNC(=NCC(=O)N(C)C)NC1CCN(c2cccs2)CC1. The zero-order valence-corrected chi connectivity index (χ0v) is 16.1. The molecule has 0 radical (unpaired) electrons. The zero-order chi connectivity index (χ0) is 18.1. The molecule has 2 N–H and O–H groups in total. The summed E-state index contributed by atoms with van der Waals surface area (Å²) in [5.74, 6) is 0.669. The number of carbonyl (C=O) groups is 1. The summed E-state index contributed by atoms with van der Waals surface area (Å²) in [5.41, 5.74) is 0. The van der Waals surface area contributed by atoms with Crippen LogP contribution in [0.5, 0.6) is 0 Å². The predicted octanol–water partition coefficient (Wildman–Crippen LogP) is 0.987. The Balaban J connectivity index is 1.85. The van der Waals surface area contributed by atoms with Gasteiger partial charge in [-0.2, -0.15) is 0 Å². The van der Waals surface area contributed by atoms with Crippen molar-refractivity contribution in [3.05, 3.63) is 17.5 Å². The maximum absolute atomic E-state index is 11.8. The molecule has 7 nitrogen and oxygen atoms in total.